The van der Waals surface area contributed by atoms with Crippen molar-refractivity contribution < 1.29 is 9.53 Å². The Labute approximate surface area is 135 Å². The number of carbonyl (C=O) groups is 1. The van der Waals surface area contributed by atoms with Crippen molar-refractivity contribution in [3.05, 3.63) is 12.1 Å². The van der Waals surface area contributed by atoms with Gasteiger partial charge in [0.25, 0.3) is 0 Å². The molecule has 1 fully saturated rings. The number of hydrogen-bond donors (Lipinski definition) is 1. The van der Waals surface area contributed by atoms with Crippen LogP contribution in [-0.2, 0) is 4.79 Å². The van der Waals surface area contributed by atoms with Crippen LogP contribution in [0.4, 0.5) is 5.82 Å². The zero-order chi connectivity index (χ0) is 16.4. The first-order chi connectivity index (χ1) is 11.1. The molecule has 124 valence electrons. The lowest BCUT2D eigenvalue weighted by Crippen LogP contribution is -2.31. The van der Waals surface area contributed by atoms with Crippen molar-refractivity contribution in [1.29, 1.82) is 0 Å². The van der Waals surface area contributed by atoms with Crippen LogP contribution in [0, 0.1) is 0 Å². The number of aromatic nitrogens is 3. The number of nitrogens with one attached hydrogen (secondary N) is 1. The van der Waals surface area contributed by atoms with Gasteiger partial charge < -0.3 is 19.5 Å². The molecule has 1 N–H and O–H groups in total. The minimum atomic E-state index is -0.278. The molecule has 3 heterocycles. The number of ether oxygens (including phenoxy) is 1. The van der Waals surface area contributed by atoms with Crippen LogP contribution >= 0.6 is 0 Å². The quantitative estimate of drug-likeness (QED) is 0.848. The zero-order valence-corrected chi connectivity index (χ0v) is 13.9. The molecule has 1 aliphatic heterocycles. The van der Waals surface area contributed by atoms with E-state index in [-0.39, 0.29) is 12.0 Å². The molecule has 2 aromatic heterocycles. The van der Waals surface area contributed by atoms with E-state index in [2.05, 4.69) is 38.8 Å². The highest BCUT2D eigenvalue weighted by Gasteiger charge is 2.25. The normalized spacial score (nSPS) is 18.1. The Morgan fingerprint density at radius 1 is 1.43 bits per heavy atom. The minimum absolute atomic E-state index is 0.218. The van der Waals surface area contributed by atoms with E-state index < -0.39 is 0 Å². The van der Waals surface area contributed by atoms with Gasteiger partial charge in [-0.1, -0.05) is 6.92 Å². The maximum absolute atomic E-state index is 11.5. The highest BCUT2D eigenvalue weighted by atomic mass is 16.5. The standard InChI is InChI=1S/C16H23N5O2/c1-4-5-14(22)23-16-17-12-6-7-13(18-15(12)19-16)21-9-8-11(10-21)20(2)3/h6-7,11H,4-5,8-10H2,1-3H3,(H,17,18,19). The molecule has 0 saturated carbocycles. The second-order valence-electron chi connectivity index (χ2n) is 6.16. The van der Waals surface area contributed by atoms with Crippen LogP contribution in [0.25, 0.3) is 11.2 Å². The highest BCUT2D eigenvalue weighted by Crippen LogP contribution is 2.23. The topological polar surface area (TPSA) is 74.3 Å². The summed E-state index contributed by atoms with van der Waals surface area (Å²) in [4.78, 5) is 27.9. The number of H-pyrrole nitrogens is 1. The molecule has 1 atom stereocenters. The Morgan fingerprint density at radius 2 is 2.26 bits per heavy atom. The zero-order valence-electron chi connectivity index (χ0n) is 13.9. The fourth-order valence-corrected chi connectivity index (χ4v) is 2.82. The van der Waals surface area contributed by atoms with E-state index in [1.807, 2.05) is 19.1 Å². The number of anilines is 1. The summed E-state index contributed by atoms with van der Waals surface area (Å²) in [6, 6.07) is 4.69. The van der Waals surface area contributed by atoms with Crippen molar-refractivity contribution in [2.45, 2.75) is 32.2 Å². The number of nitrogens with zero attached hydrogens (tertiary/aromatic N) is 4. The Kier molecular flexibility index (Phi) is 4.47. The van der Waals surface area contributed by atoms with Crippen molar-refractivity contribution in [2.24, 2.45) is 0 Å². The minimum Gasteiger partial charge on any atom is -0.392 e. The number of hydrogen-bond acceptors (Lipinski definition) is 6. The number of pyridine rings is 1. The predicted octanol–water partition coefficient (Wildman–Crippen LogP) is 1.80. The van der Waals surface area contributed by atoms with E-state index in [0.29, 0.717) is 18.1 Å². The molecular formula is C16H23N5O2. The average molecular weight is 317 g/mol. The molecule has 0 spiro atoms. The highest BCUT2D eigenvalue weighted by molar-refractivity contribution is 5.76. The number of aromatic amines is 1. The summed E-state index contributed by atoms with van der Waals surface area (Å²) in [6.07, 6.45) is 2.27. The van der Waals surface area contributed by atoms with Gasteiger partial charge in [-0.05, 0) is 39.1 Å². The fraction of sp³-hybridized carbons (Fsp3) is 0.562. The number of likely N-dealkylation sites (N-methyl/N-ethyl adjacent to an activating group) is 1. The Balaban J connectivity index is 1.76. The Hall–Kier alpha value is -2.15. The third-order valence-electron chi connectivity index (χ3n) is 4.19. The first-order valence-electron chi connectivity index (χ1n) is 8.05. The summed E-state index contributed by atoms with van der Waals surface area (Å²) in [5.41, 5.74) is 1.35. The van der Waals surface area contributed by atoms with Crippen molar-refractivity contribution in [3.8, 4) is 6.01 Å². The summed E-state index contributed by atoms with van der Waals surface area (Å²) in [5, 5.41) is 0. The van der Waals surface area contributed by atoms with Crippen LogP contribution in [0.3, 0.4) is 0 Å². The summed E-state index contributed by atoms with van der Waals surface area (Å²) in [7, 11) is 4.21. The third-order valence-corrected chi connectivity index (χ3v) is 4.19. The number of imidazole rings is 1. The molecule has 0 aromatic carbocycles. The number of carbonyl (C=O) groups excluding carboxylic acids is 1. The number of esters is 1. The van der Waals surface area contributed by atoms with Gasteiger partial charge in [-0.25, -0.2) is 4.98 Å². The van der Waals surface area contributed by atoms with Crippen LogP contribution in [0.2, 0.25) is 0 Å². The summed E-state index contributed by atoms with van der Waals surface area (Å²) >= 11 is 0. The van der Waals surface area contributed by atoms with Crippen molar-refractivity contribution in [2.75, 3.05) is 32.1 Å². The second-order valence-corrected chi connectivity index (χ2v) is 6.16. The molecule has 2 aromatic rings. The van der Waals surface area contributed by atoms with Gasteiger partial charge in [0.05, 0.1) is 5.52 Å². The molecule has 0 amide bonds. The maximum Gasteiger partial charge on any atom is 0.313 e. The van der Waals surface area contributed by atoms with Crippen molar-refractivity contribution >= 4 is 23.0 Å². The molecule has 0 aliphatic carbocycles. The van der Waals surface area contributed by atoms with Gasteiger partial charge in [-0.15, -0.1) is 0 Å². The molecule has 7 nitrogen and oxygen atoms in total. The lowest BCUT2D eigenvalue weighted by molar-refractivity contribution is -0.134. The van der Waals surface area contributed by atoms with Gasteiger partial charge in [0.2, 0.25) is 0 Å². The van der Waals surface area contributed by atoms with Crippen molar-refractivity contribution in [1.82, 2.24) is 19.9 Å². The van der Waals surface area contributed by atoms with E-state index in [0.717, 1.165) is 37.3 Å². The number of fused-ring (bicyclic) bond motifs is 1. The molecule has 1 aliphatic rings. The van der Waals surface area contributed by atoms with Gasteiger partial charge >= 0.3 is 12.0 Å². The fourth-order valence-electron chi connectivity index (χ4n) is 2.82. The summed E-state index contributed by atoms with van der Waals surface area (Å²) < 4.78 is 5.19. The SMILES string of the molecule is CCCC(=O)Oc1nc2nc(N3CCC(N(C)C)C3)ccc2[nH]1. The van der Waals surface area contributed by atoms with E-state index in [1.165, 1.54) is 0 Å². The van der Waals surface area contributed by atoms with E-state index in [4.69, 9.17) is 4.74 Å². The smallest absolute Gasteiger partial charge is 0.313 e. The van der Waals surface area contributed by atoms with Crippen LogP contribution < -0.4 is 9.64 Å². The Morgan fingerprint density at radius 3 is 2.96 bits per heavy atom. The van der Waals surface area contributed by atoms with Crippen LogP contribution in [0.5, 0.6) is 6.01 Å². The van der Waals surface area contributed by atoms with Gasteiger partial charge in [-0.3, -0.25) is 4.79 Å². The van der Waals surface area contributed by atoms with Crippen LogP contribution in [0.15, 0.2) is 12.1 Å². The van der Waals surface area contributed by atoms with Crippen molar-refractivity contribution in [3.63, 3.8) is 0 Å². The predicted molar refractivity (Wildman–Crippen MR) is 88.7 cm³/mol. The summed E-state index contributed by atoms with van der Waals surface area (Å²) in [6.45, 7) is 3.89. The van der Waals surface area contributed by atoms with Gasteiger partial charge in [0, 0.05) is 25.6 Å². The molecule has 0 radical (unpaired) electrons. The van der Waals surface area contributed by atoms with E-state index in [1.54, 1.807) is 0 Å². The van der Waals surface area contributed by atoms with Crippen LogP contribution in [0.1, 0.15) is 26.2 Å². The molecular weight excluding hydrogens is 294 g/mol. The molecule has 1 unspecified atom stereocenters. The largest absolute Gasteiger partial charge is 0.392 e. The molecule has 1 saturated heterocycles. The molecule has 23 heavy (non-hydrogen) atoms. The third kappa shape index (κ3) is 3.44. The summed E-state index contributed by atoms with van der Waals surface area (Å²) in [5.74, 6) is 0.639. The van der Waals surface area contributed by atoms with E-state index >= 15 is 0 Å². The van der Waals surface area contributed by atoms with Crippen LogP contribution in [-0.4, -0.2) is 59.0 Å². The molecule has 3 rings (SSSR count). The lowest BCUT2D eigenvalue weighted by atomic mass is 10.2. The lowest BCUT2D eigenvalue weighted by Gasteiger charge is -2.20. The van der Waals surface area contributed by atoms with Gasteiger partial charge in [0.15, 0.2) is 5.65 Å². The first kappa shape index (κ1) is 15.7. The second kappa shape index (κ2) is 6.54. The first-order valence-corrected chi connectivity index (χ1v) is 8.05. The molecule has 7 heteroatoms. The number of rotatable bonds is 5. The molecule has 0 bridgehead atoms. The monoisotopic (exact) mass is 317 g/mol. The van der Waals surface area contributed by atoms with Gasteiger partial charge in [-0.2, -0.15) is 4.98 Å². The maximum atomic E-state index is 11.5. The van der Waals surface area contributed by atoms with Gasteiger partial charge in [0.1, 0.15) is 5.82 Å². The Bertz CT molecular complexity index is 697. The van der Waals surface area contributed by atoms with E-state index in [9.17, 15) is 4.79 Å². The average Bonchev–Trinajstić information content (AvgIpc) is 3.12.